The molecule has 0 unspecified atom stereocenters. The largest absolute Gasteiger partial charge is 0.497 e. The lowest BCUT2D eigenvalue weighted by atomic mass is 10.2. The summed E-state index contributed by atoms with van der Waals surface area (Å²) in [5.41, 5.74) is 1.32. The molecule has 1 aliphatic heterocycles. The number of thiocarbonyl (C=S) groups is 1. The molecule has 0 spiro atoms. The minimum absolute atomic E-state index is 0.885. The van der Waals surface area contributed by atoms with Gasteiger partial charge in [-0.25, -0.2) is 0 Å². The van der Waals surface area contributed by atoms with Crippen molar-refractivity contribution in [2.45, 2.75) is 6.54 Å². The smallest absolute Gasteiger partial charge is 0.169 e. The molecule has 2 rings (SSSR count). The number of nitrogens with zero attached hydrogens (tertiary/aromatic N) is 3. The van der Waals surface area contributed by atoms with E-state index in [4.69, 9.17) is 17.0 Å². The second-order valence-electron chi connectivity index (χ2n) is 6.15. The zero-order valence-electron chi connectivity index (χ0n) is 14.4. The van der Waals surface area contributed by atoms with Gasteiger partial charge in [0.05, 0.1) is 7.11 Å². The molecule has 1 aromatic carbocycles. The van der Waals surface area contributed by atoms with Crippen LogP contribution in [0.25, 0.3) is 0 Å². The Balaban J connectivity index is 1.71. The van der Waals surface area contributed by atoms with E-state index in [-0.39, 0.29) is 0 Å². The van der Waals surface area contributed by atoms with Crippen molar-refractivity contribution < 1.29 is 4.74 Å². The quantitative estimate of drug-likeness (QED) is 0.787. The highest BCUT2D eigenvalue weighted by Gasteiger charge is 2.18. The Hall–Kier alpha value is -1.37. The first kappa shape index (κ1) is 18.0. The molecule has 0 aromatic heterocycles. The van der Waals surface area contributed by atoms with Crippen LogP contribution in [-0.4, -0.2) is 80.3 Å². The minimum atomic E-state index is 0.885. The number of hydrogen-bond acceptors (Lipinski definition) is 4. The molecule has 23 heavy (non-hydrogen) atoms. The van der Waals surface area contributed by atoms with E-state index >= 15 is 0 Å². The van der Waals surface area contributed by atoms with E-state index in [0.717, 1.165) is 56.7 Å². The van der Waals surface area contributed by atoms with Crippen LogP contribution in [0.5, 0.6) is 5.75 Å². The normalized spacial score (nSPS) is 15.7. The molecule has 1 aromatic rings. The number of piperazine rings is 1. The predicted molar refractivity (Wildman–Crippen MR) is 99.0 cm³/mol. The van der Waals surface area contributed by atoms with E-state index in [9.17, 15) is 0 Å². The SMILES string of the molecule is COc1ccc(CN2CCN(C(=S)NCCN(C)C)CC2)cc1. The van der Waals surface area contributed by atoms with Crippen LogP contribution in [0.3, 0.4) is 0 Å². The molecule has 1 heterocycles. The van der Waals surface area contributed by atoms with Crippen molar-refractivity contribution in [1.29, 1.82) is 0 Å². The molecule has 0 amide bonds. The van der Waals surface area contributed by atoms with E-state index in [1.165, 1.54) is 5.56 Å². The topological polar surface area (TPSA) is 31.0 Å². The van der Waals surface area contributed by atoms with Crippen molar-refractivity contribution in [3.05, 3.63) is 29.8 Å². The fourth-order valence-electron chi connectivity index (χ4n) is 2.60. The molecule has 1 N–H and O–H groups in total. The maximum atomic E-state index is 5.49. The van der Waals surface area contributed by atoms with Crippen LogP contribution in [0.4, 0.5) is 0 Å². The molecule has 1 fully saturated rings. The number of hydrogen-bond donors (Lipinski definition) is 1. The summed E-state index contributed by atoms with van der Waals surface area (Å²) in [6, 6.07) is 8.32. The van der Waals surface area contributed by atoms with Gasteiger partial charge in [0.1, 0.15) is 5.75 Å². The fourth-order valence-corrected chi connectivity index (χ4v) is 2.88. The first-order chi connectivity index (χ1) is 11.1. The van der Waals surface area contributed by atoms with Gasteiger partial charge in [-0.15, -0.1) is 0 Å². The number of benzene rings is 1. The standard InChI is InChI=1S/C17H28N4OS/c1-19(2)9-8-18-17(23)21-12-10-20(11-13-21)14-15-4-6-16(22-3)7-5-15/h4-7H,8-14H2,1-3H3,(H,18,23). The summed E-state index contributed by atoms with van der Waals surface area (Å²) in [7, 11) is 5.84. The summed E-state index contributed by atoms with van der Waals surface area (Å²) in [6.45, 7) is 6.95. The summed E-state index contributed by atoms with van der Waals surface area (Å²) in [6.07, 6.45) is 0. The highest BCUT2D eigenvalue weighted by atomic mass is 32.1. The van der Waals surface area contributed by atoms with E-state index in [0.29, 0.717) is 0 Å². The average Bonchev–Trinajstić information content (AvgIpc) is 2.56. The van der Waals surface area contributed by atoms with Gasteiger partial charge >= 0.3 is 0 Å². The van der Waals surface area contributed by atoms with E-state index in [1.807, 2.05) is 12.1 Å². The minimum Gasteiger partial charge on any atom is -0.497 e. The summed E-state index contributed by atoms with van der Waals surface area (Å²) in [5, 5.41) is 4.23. The molecular weight excluding hydrogens is 308 g/mol. The van der Waals surface area contributed by atoms with Crippen LogP contribution in [0, 0.1) is 0 Å². The molecule has 1 saturated heterocycles. The maximum absolute atomic E-state index is 5.49. The number of nitrogens with one attached hydrogen (secondary N) is 1. The summed E-state index contributed by atoms with van der Waals surface area (Å²) in [5.74, 6) is 0.910. The third kappa shape index (κ3) is 5.97. The molecule has 128 valence electrons. The van der Waals surface area contributed by atoms with Gasteiger partial charge in [-0.1, -0.05) is 12.1 Å². The van der Waals surface area contributed by atoms with Crippen LogP contribution < -0.4 is 10.1 Å². The number of ether oxygens (including phenoxy) is 1. The van der Waals surface area contributed by atoms with Gasteiger partial charge in [0.2, 0.25) is 0 Å². The van der Waals surface area contributed by atoms with E-state index in [2.05, 4.69) is 46.2 Å². The first-order valence-electron chi connectivity index (χ1n) is 8.11. The van der Waals surface area contributed by atoms with Crippen molar-refractivity contribution in [2.75, 3.05) is 60.5 Å². The number of methoxy groups -OCH3 is 1. The van der Waals surface area contributed by atoms with Crippen molar-refractivity contribution in [3.63, 3.8) is 0 Å². The Labute approximate surface area is 145 Å². The summed E-state index contributed by atoms with van der Waals surface area (Å²) < 4.78 is 5.20. The molecule has 6 heteroatoms. The van der Waals surface area contributed by atoms with Crippen molar-refractivity contribution >= 4 is 17.3 Å². The van der Waals surface area contributed by atoms with Crippen LogP contribution in [0.2, 0.25) is 0 Å². The zero-order valence-corrected chi connectivity index (χ0v) is 15.2. The van der Waals surface area contributed by atoms with Gasteiger partial charge in [-0.3, -0.25) is 4.90 Å². The van der Waals surface area contributed by atoms with Gasteiger partial charge in [-0.05, 0) is 44.0 Å². The van der Waals surface area contributed by atoms with Crippen molar-refractivity contribution in [2.24, 2.45) is 0 Å². The van der Waals surface area contributed by atoms with Crippen molar-refractivity contribution in [3.8, 4) is 5.75 Å². The van der Waals surface area contributed by atoms with Gasteiger partial charge in [0.15, 0.2) is 5.11 Å². The summed E-state index contributed by atoms with van der Waals surface area (Å²) >= 11 is 5.49. The molecule has 0 atom stereocenters. The lowest BCUT2D eigenvalue weighted by Crippen LogP contribution is -2.51. The van der Waals surface area contributed by atoms with Gasteiger partial charge in [-0.2, -0.15) is 0 Å². The summed E-state index contributed by atoms with van der Waals surface area (Å²) in [4.78, 5) is 6.90. The Kier molecular flexibility index (Phi) is 7.08. The Bertz CT molecular complexity index is 484. The zero-order chi connectivity index (χ0) is 16.7. The lowest BCUT2D eigenvalue weighted by molar-refractivity contribution is 0.174. The number of likely N-dealkylation sites (N-methyl/N-ethyl adjacent to an activating group) is 1. The van der Waals surface area contributed by atoms with E-state index in [1.54, 1.807) is 7.11 Å². The lowest BCUT2D eigenvalue weighted by Gasteiger charge is -2.36. The van der Waals surface area contributed by atoms with Crippen LogP contribution >= 0.6 is 12.2 Å². The Morgan fingerprint density at radius 1 is 1.17 bits per heavy atom. The molecule has 0 saturated carbocycles. The highest BCUT2D eigenvalue weighted by Crippen LogP contribution is 2.14. The molecule has 0 radical (unpaired) electrons. The third-order valence-electron chi connectivity index (χ3n) is 4.06. The molecule has 0 aliphatic carbocycles. The van der Waals surface area contributed by atoms with Crippen LogP contribution in [0.1, 0.15) is 5.56 Å². The Morgan fingerprint density at radius 3 is 2.39 bits per heavy atom. The molecule has 5 nitrogen and oxygen atoms in total. The van der Waals surface area contributed by atoms with Crippen LogP contribution in [0.15, 0.2) is 24.3 Å². The molecular formula is C17H28N4OS. The van der Waals surface area contributed by atoms with Gasteiger partial charge in [0, 0.05) is 45.8 Å². The molecule has 0 bridgehead atoms. The van der Waals surface area contributed by atoms with Crippen molar-refractivity contribution in [1.82, 2.24) is 20.0 Å². The van der Waals surface area contributed by atoms with Gasteiger partial charge < -0.3 is 19.9 Å². The second-order valence-corrected chi connectivity index (χ2v) is 6.53. The van der Waals surface area contributed by atoms with E-state index < -0.39 is 0 Å². The van der Waals surface area contributed by atoms with Gasteiger partial charge in [0.25, 0.3) is 0 Å². The fraction of sp³-hybridized carbons (Fsp3) is 0.588. The average molecular weight is 337 g/mol. The van der Waals surface area contributed by atoms with Crippen LogP contribution in [-0.2, 0) is 6.54 Å². The molecule has 1 aliphatic rings. The first-order valence-corrected chi connectivity index (χ1v) is 8.52. The highest BCUT2D eigenvalue weighted by molar-refractivity contribution is 7.80. The monoisotopic (exact) mass is 336 g/mol. The predicted octanol–water partition coefficient (Wildman–Crippen LogP) is 1.25. The maximum Gasteiger partial charge on any atom is 0.169 e. The Morgan fingerprint density at radius 2 is 1.83 bits per heavy atom. The third-order valence-corrected chi connectivity index (χ3v) is 4.46. The second kappa shape index (κ2) is 9.05. The number of rotatable bonds is 6.